The first-order valence-corrected chi connectivity index (χ1v) is 13.4. The molecule has 2 amide bonds. The average molecular weight is 597 g/mol. The molecule has 1 atom stereocenters. The quantitative estimate of drug-likeness (QED) is 0.391. The fourth-order valence-electron chi connectivity index (χ4n) is 3.51. The largest absolute Gasteiger partial charge is 0.357 e. The van der Waals surface area contributed by atoms with Gasteiger partial charge in [-0.15, -0.1) is 0 Å². The van der Waals surface area contributed by atoms with Crippen molar-refractivity contribution in [1.29, 1.82) is 0 Å². The molecule has 3 aromatic carbocycles. The molecular weight excluding hydrogens is 573 g/mol. The van der Waals surface area contributed by atoms with Gasteiger partial charge in [0, 0.05) is 18.1 Å². The summed E-state index contributed by atoms with van der Waals surface area (Å²) in [5, 5.41) is 2.23. The number of benzene rings is 3. The summed E-state index contributed by atoms with van der Waals surface area (Å²) in [7, 11) is -2.80. The van der Waals surface area contributed by atoms with E-state index in [4.69, 9.17) is 11.6 Å². The van der Waals surface area contributed by atoms with Gasteiger partial charge in [0.2, 0.25) is 11.8 Å². The standard InChI is InChI=1S/C25H24BrClFN3O4S/c1-17(25(33)29-2)30(15-18-7-6-8-19(26)13-18)24(32)16-31(20-11-12-23(28)22(27)14-20)36(34,35)21-9-4-3-5-10-21/h3-14,17H,15-16H2,1-2H3,(H,29,33)/t17-/m1/s1. The van der Waals surface area contributed by atoms with Gasteiger partial charge in [0.15, 0.2) is 0 Å². The number of rotatable bonds is 9. The minimum Gasteiger partial charge on any atom is -0.357 e. The third-order valence-electron chi connectivity index (χ3n) is 5.46. The van der Waals surface area contributed by atoms with E-state index in [1.165, 1.54) is 30.1 Å². The number of nitrogens with one attached hydrogen (secondary N) is 1. The molecule has 1 N–H and O–H groups in total. The van der Waals surface area contributed by atoms with Crippen LogP contribution < -0.4 is 9.62 Å². The predicted molar refractivity (Wildman–Crippen MR) is 141 cm³/mol. The van der Waals surface area contributed by atoms with Gasteiger partial charge in [-0.05, 0) is 55.0 Å². The van der Waals surface area contributed by atoms with E-state index in [1.54, 1.807) is 43.3 Å². The van der Waals surface area contributed by atoms with Gasteiger partial charge in [0.1, 0.15) is 18.4 Å². The van der Waals surface area contributed by atoms with Crippen molar-refractivity contribution in [2.24, 2.45) is 0 Å². The Morgan fingerprint density at radius 1 is 1.06 bits per heavy atom. The second kappa shape index (κ2) is 11.9. The highest BCUT2D eigenvalue weighted by molar-refractivity contribution is 9.10. The zero-order valence-electron chi connectivity index (χ0n) is 19.5. The molecule has 0 bridgehead atoms. The molecule has 0 aliphatic rings. The van der Waals surface area contributed by atoms with Gasteiger partial charge >= 0.3 is 0 Å². The minimum absolute atomic E-state index is 0.00797. The van der Waals surface area contributed by atoms with Crippen LogP contribution in [-0.2, 0) is 26.2 Å². The number of anilines is 1. The third kappa shape index (κ3) is 6.43. The number of likely N-dealkylation sites (N-methyl/N-ethyl adjacent to an activating group) is 1. The highest BCUT2D eigenvalue weighted by Crippen LogP contribution is 2.28. The lowest BCUT2D eigenvalue weighted by atomic mass is 10.1. The maximum Gasteiger partial charge on any atom is 0.264 e. The van der Waals surface area contributed by atoms with Crippen LogP contribution in [0, 0.1) is 5.82 Å². The summed E-state index contributed by atoms with van der Waals surface area (Å²) in [6.07, 6.45) is 0. The van der Waals surface area contributed by atoms with E-state index in [-0.39, 0.29) is 22.2 Å². The molecule has 3 rings (SSSR count). The van der Waals surface area contributed by atoms with E-state index >= 15 is 0 Å². The van der Waals surface area contributed by atoms with Crippen LogP contribution in [0.3, 0.4) is 0 Å². The number of hydrogen-bond donors (Lipinski definition) is 1. The predicted octanol–water partition coefficient (Wildman–Crippen LogP) is 4.60. The monoisotopic (exact) mass is 595 g/mol. The van der Waals surface area contributed by atoms with Gasteiger partial charge in [0.25, 0.3) is 10.0 Å². The normalized spacial score (nSPS) is 12.0. The number of carbonyl (C=O) groups is 2. The van der Waals surface area contributed by atoms with Crippen LogP contribution in [0.4, 0.5) is 10.1 Å². The molecule has 0 unspecified atom stereocenters. The molecule has 0 aromatic heterocycles. The van der Waals surface area contributed by atoms with E-state index in [1.807, 2.05) is 6.07 Å². The fourth-order valence-corrected chi connectivity index (χ4v) is 5.56. The Hall–Kier alpha value is -2.95. The van der Waals surface area contributed by atoms with E-state index in [9.17, 15) is 22.4 Å². The molecule has 190 valence electrons. The molecule has 3 aromatic rings. The molecule has 0 spiro atoms. The number of sulfonamides is 1. The van der Waals surface area contributed by atoms with Gasteiger partial charge in [-0.2, -0.15) is 0 Å². The van der Waals surface area contributed by atoms with Crippen molar-refractivity contribution in [2.75, 3.05) is 17.9 Å². The number of hydrogen-bond acceptors (Lipinski definition) is 4. The fraction of sp³-hybridized carbons (Fsp3) is 0.200. The Balaban J connectivity index is 2.05. The molecule has 0 heterocycles. The van der Waals surface area contributed by atoms with Gasteiger partial charge in [-0.1, -0.05) is 57.9 Å². The van der Waals surface area contributed by atoms with Crippen molar-refractivity contribution in [3.8, 4) is 0 Å². The number of carbonyl (C=O) groups excluding carboxylic acids is 2. The van der Waals surface area contributed by atoms with Crippen molar-refractivity contribution >= 4 is 55.1 Å². The molecule has 0 radical (unpaired) electrons. The second-order valence-corrected chi connectivity index (χ2v) is 11.1. The molecule has 36 heavy (non-hydrogen) atoms. The number of halogens is 3. The lowest BCUT2D eigenvalue weighted by Gasteiger charge is -2.31. The first-order chi connectivity index (χ1) is 17.0. The first kappa shape index (κ1) is 27.6. The Labute approximate surface area is 223 Å². The van der Waals surface area contributed by atoms with E-state index in [2.05, 4.69) is 21.2 Å². The lowest BCUT2D eigenvalue weighted by molar-refractivity contribution is -0.139. The van der Waals surface area contributed by atoms with Crippen LogP contribution in [0.1, 0.15) is 12.5 Å². The van der Waals surface area contributed by atoms with Crippen molar-refractivity contribution in [3.05, 3.63) is 93.7 Å². The maximum absolute atomic E-state index is 13.9. The van der Waals surface area contributed by atoms with E-state index in [0.29, 0.717) is 0 Å². The van der Waals surface area contributed by atoms with Gasteiger partial charge < -0.3 is 10.2 Å². The maximum atomic E-state index is 13.9. The lowest BCUT2D eigenvalue weighted by Crippen LogP contribution is -2.50. The number of nitrogens with zero attached hydrogens (tertiary/aromatic N) is 2. The molecule has 0 saturated heterocycles. The molecule has 0 saturated carbocycles. The average Bonchev–Trinajstić information content (AvgIpc) is 2.87. The Bertz CT molecular complexity index is 1360. The van der Waals surface area contributed by atoms with Crippen molar-refractivity contribution in [1.82, 2.24) is 10.2 Å². The van der Waals surface area contributed by atoms with Crippen LogP contribution >= 0.6 is 27.5 Å². The van der Waals surface area contributed by atoms with Gasteiger partial charge in [-0.3, -0.25) is 13.9 Å². The van der Waals surface area contributed by atoms with Crippen LogP contribution in [0.25, 0.3) is 0 Å². The smallest absolute Gasteiger partial charge is 0.264 e. The molecule has 0 fully saturated rings. The van der Waals surface area contributed by atoms with Crippen LogP contribution in [0.5, 0.6) is 0 Å². The molecule has 0 aliphatic carbocycles. The van der Waals surface area contributed by atoms with Crippen molar-refractivity contribution in [3.63, 3.8) is 0 Å². The Kier molecular flexibility index (Phi) is 9.10. The van der Waals surface area contributed by atoms with Crippen LogP contribution in [0.15, 0.2) is 82.2 Å². The SMILES string of the molecule is CNC(=O)[C@@H](C)N(Cc1cccc(Br)c1)C(=O)CN(c1ccc(F)c(Cl)c1)S(=O)(=O)c1ccccc1. The summed E-state index contributed by atoms with van der Waals surface area (Å²) in [6, 6.07) is 17.3. The summed E-state index contributed by atoms with van der Waals surface area (Å²) in [5.74, 6) is -1.78. The summed E-state index contributed by atoms with van der Waals surface area (Å²) >= 11 is 9.33. The zero-order chi connectivity index (χ0) is 26.5. The highest BCUT2D eigenvalue weighted by atomic mass is 79.9. The molecule has 0 aliphatic heterocycles. The zero-order valence-corrected chi connectivity index (χ0v) is 22.6. The Morgan fingerprint density at radius 2 is 1.75 bits per heavy atom. The van der Waals surface area contributed by atoms with Gasteiger partial charge in [0.05, 0.1) is 15.6 Å². The third-order valence-corrected chi connectivity index (χ3v) is 8.03. The molecular formula is C25H24BrClFN3O4S. The topological polar surface area (TPSA) is 86.8 Å². The first-order valence-electron chi connectivity index (χ1n) is 10.8. The molecule has 11 heteroatoms. The summed E-state index contributed by atoms with van der Waals surface area (Å²) in [4.78, 5) is 27.3. The second-order valence-electron chi connectivity index (χ2n) is 7.86. The summed E-state index contributed by atoms with van der Waals surface area (Å²) in [6.45, 7) is 0.963. The van der Waals surface area contributed by atoms with E-state index < -0.39 is 40.2 Å². The molecule has 7 nitrogen and oxygen atoms in total. The van der Waals surface area contributed by atoms with Gasteiger partial charge in [-0.25, -0.2) is 12.8 Å². The van der Waals surface area contributed by atoms with Crippen LogP contribution in [-0.4, -0.2) is 44.8 Å². The highest BCUT2D eigenvalue weighted by Gasteiger charge is 2.32. The van der Waals surface area contributed by atoms with Crippen LogP contribution in [0.2, 0.25) is 5.02 Å². The van der Waals surface area contributed by atoms with E-state index in [0.717, 1.165) is 26.5 Å². The minimum atomic E-state index is -4.25. The summed E-state index contributed by atoms with van der Waals surface area (Å²) in [5.41, 5.74) is 0.740. The summed E-state index contributed by atoms with van der Waals surface area (Å²) < 4.78 is 42.7. The van der Waals surface area contributed by atoms with Crippen molar-refractivity contribution in [2.45, 2.75) is 24.4 Å². The Morgan fingerprint density at radius 3 is 2.36 bits per heavy atom. The van der Waals surface area contributed by atoms with Crippen molar-refractivity contribution < 1.29 is 22.4 Å². The number of amides is 2.